The predicted molar refractivity (Wildman–Crippen MR) is 175 cm³/mol. The van der Waals surface area contributed by atoms with Gasteiger partial charge in [0.25, 0.3) is 0 Å². The number of carbonyl (C=O) groups excluding carboxylic acids is 4. The van der Waals surface area contributed by atoms with Gasteiger partial charge in [0.2, 0.25) is 0 Å². The molecule has 2 atom stereocenters. The van der Waals surface area contributed by atoms with Crippen LogP contribution in [-0.2, 0) is 19.1 Å². The summed E-state index contributed by atoms with van der Waals surface area (Å²) in [5, 5.41) is 0. The Balaban J connectivity index is 1.46. The van der Waals surface area contributed by atoms with Crippen molar-refractivity contribution in [2.45, 2.75) is 59.7 Å². The van der Waals surface area contributed by atoms with Gasteiger partial charge in [-0.3, -0.25) is 0 Å². The molecule has 10 heteroatoms. The zero-order valence-electron chi connectivity index (χ0n) is 27.3. The molecule has 0 heterocycles. The summed E-state index contributed by atoms with van der Waals surface area (Å²) in [6.07, 6.45) is 0.333. The van der Waals surface area contributed by atoms with Crippen molar-refractivity contribution in [1.82, 2.24) is 0 Å². The van der Waals surface area contributed by atoms with Crippen molar-refractivity contribution in [3.63, 3.8) is 0 Å². The van der Waals surface area contributed by atoms with Gasteiger partial charge in [0.1, 0.15) is 35.2 Å². The molecule has 2 unspecified atom stereocenters. The first-order chi connectivity index (χ1) is 22.3. The topological polar surface area (TPSA) is 124 Å². The lowest BCUT2D eigenvalue weighted by Crippen LogP contribution is -2.18. The van der Waals surface area contributed by atoms with Gasteiger partial charge in [-0.15, -0.1) is 0 Å². The number of esters is 4. The molecule has 0 amide bonds. The maximum absolute atomic E-state index is 12.7. The van der Waals surface area contributed by atoms with Gasteiger partial charge >= 0.3 is 23.9 Å². The van der Waals surface area contributed by atoms with Gasteiger partial charge < -0.3 is 28.4 Å². The van der Waals surface area contributed by atoms with Crippen molar-refractivity contribution < 1.29 is 47.6 Å². The summed E-state index contributed by atoms with van der Waals surface area (Å²) in [5.74, 6) is -0.292. The van der Waals surface area contributed by atoms with Gasteiger partial charge in [-0.1, -0.05) is 13.2 Å². The van der Waals surface area contributed by atoms with Crippen LogP contribution in [0.2, 0.25) is 0 Å². The van der Waals surface area contributed by atoms with Crippen molar-refractivity contribution in [3.05, 3.63) is 108 Å². The molecule has 0 saturated heterocycles. The van der Waals surface area contributed by atoms with E-state index in [1.54, 1.807) is 101 Å². The van der Waals surface area contributed by atoms with Crippen molar-refractivity contribution in [1.29, 1.82) is 0 Å². The molecular formula is C37H40O10. The normalized spacial score (nSPS) is 11.8. The third kappa shape index (κ3) is 11.8. The van der Waals surface area contributed by atoms with E-state index in [0.29, 0.717) is 71.1 Å². The highest BCUT2D eigenvalue weighted by Crippen LogP contribution is 2.26. The minimum atomic E-state index is -0.564. The first kappa shape index (κ1) is 36.1. The van der Waals surface area contributed by atoms with Crippen LogP contribution in [0, 0.1) is 6.92 Å². The maximum atomic E-state index is 12.7. The summed E-state index contributed by atoms with van der Waals surface area (Å²) < 4.78 is 32.9. The second-order valence-corrected chi connectivity index (χ2v) is 11.0. The molecule has 0 spiro atoms. The Labute approximate surface area is 274 Å². The second-order valence-electron chi connectivity index (χ2n) is 11.0. The van der Waals surface area contributed by atoms with Crippen LogP contribution in [-0.4, -0.2) is 49.3 Å². The van der Waals surface area contributed by atoms with Gasteiger partial charge in [0, 0.05) is 24.0 Å². The molecule has 3 aromatic carbocycles. The van der Waals surface area contributed by atoms with Gasteiger partial charge in [0.05, 0.1) is 24.3 Å². The van der Waals surface area contributed by atoms with Crippen LogP contribution in [0.5, 0.6) is 23.0 Å². The van der Waals surface area contributed by atoms with E-state index >= 15 is 0 Å². The molecule has 0 N–H and O–H groups in total. The summed E-state index contributed by atoms with van der Waals surface area (Å²) in [4.78, 5) is 48.6. The summed E-state index contributed by atoms with van der Waals surface area (Å²) >= 11 is 0. The van der Waals surface area contributed by atoms with Crippen LogP contribution >= 0.6 is 0 Å². The summed E-state index contributed by atoms with van der Waals surface area (Å²) in [6.45, 7) is 16.2. The fourth-order valence-corrected chi connectivity index (χ4v) is 3.87. The zero-order chi connectivity index (χ0) is 34.5. The molecule has 0 aliphatic rings. The van der Waals surface area contributed by atoms with Gasteiger partial charge in [-0.2, -0.15) is 0 Å². The SMILES string of the molecule is C=C(C)C(=O)OC(C)CCOc1ccc(C(=O)Oc2ccc(OC(=O)c3ccc(OCCC(C)OC(=O)C(=C)C)cc3)c(C)c2)cc1. The molecule has 0 aliphatic carbocycles. The largest absolute Gasteiger partial charge is 0.493 e. The van der Waals surface area contributed by atoms with Crippen molar-refractivity contribution in [3.8, 4) is 23.0 Å². The molecule has 0 aromatic heterocycles. The zero-order valence-corrected chi connectivity index (χ0v) is 27.3. The number of aryl methyl sites for hydroxylation is 1. The van der Waals surface area contributed by atoms with E-state index in [1.807, 2.05) is 0 Å². The smallest absolute Gasteiger partial charge is 0.343 e. The number of ether oxygens (including phenoxy) is 6. The predicted octanol–water partition coefficient (Wildman–Crippen LogP) is 6.99. The van der Waals surface area contributed by atoms with E-state index in [2.05, 4.69) is 13.2 Å². The van der Waals surface area contributed by atoms with E-state index in [-0.39, 0.29) is 18.0 Å². The average molecular weight is 645 g/mol. The van der Waals surface area contributed by atoms with Crippen molar-refractivity contribution >= 4 is 23.9 Å². The first-order valence-corrected chi connectivity index (χ1v) is 15.1. The fourth-order valence-electron chi connectivity index (χ4n) is 3.87. The van der Waals surface area contributed by atoms with E-state index in [9.17, 15) is 19.2 Å². The molecule has 0 saturated carbocycles. The van der Waals surface area contributed by atoms with Crippen LogP contribution < -0.4 is 18.9 Å². The summed E-state index contributed by atoms with van der Waals surface area (Å²) in [6, 6.07) is 17.7. The number of carbonyl (C=O) groups is 4. The van der Waals surface area contributed by atoms with Gasteiger partial charge in [-0.25, -0.2) is 19.2 Å². The number of rotatable bonds is 16. The minimum Gasteiger partial charge on any atom is -0.493 e. The van der Waals surface area contributed by atoms with Crippen molar-refractivity contribution in [2.75, 3.05) is 13.2 Å². The van der Waals surface area contributed by atoms with E-state index < -0.39 is 23.9 Å². The van der Waals surface area contributed by atoms with Gasteiger partial charge in [-0.05, 0) is 107 Å². The average Bonchev–Trinajstić information content (AvgIpc) is 3.02. The molecule has 248 valence electrons. The highest BCUT2D eigenvalue weighted by molar-refractivity contribution is 5.92. The third-order valence-electron chi connectivity index (χ3n) is 6.64. The fraction of sp³-hybridized carbons (Fsp3) is 0.297. The second kappa shape index (κ2) is 17.4. The highest BCUT2D eigenvalue weighted by Gasteiger charge is 2.15. The lowest BCUT2D eigenvalue weighted by molar-refractivity contribution is -0.144. The Morgan fingerprint density at radius 1 is 0.617 bits per heavy atom. The first-order valence-electron chi connectivity index (χ1n) is 15.1. The monoisotopic (exact) mass is 644 g/mol. The van der Waals surface area contributed by atoms with E-state index in [0.717, 1.165) is 0 Å². The Kier molecular flexibility index (Phi) is 13.3. The van der Waals surface area contributed by atoms with Gasteiger partial charge in [0.15, 0.2) is 0 Å². The molecule has 0 bridgehead atoms. The number of benzene rings is 3. The van der Waals surface area contributed by atoms with Crippen LogP contribution in [0.3, 0.4) is 0 Å². The quantitative estimate of drug-likeness (QED) is 0.0916. The Hall–Kier alpha value is -5.38. The molecule has 10 nitrogen and oxygen atoms in total. The standard InChI is InChI=1S/C37H40O10/c1-23(2)34(38)44-26(6)18-20-42-30-12-8-28(9-13-30)36(40)46-32-16-17-33(25(5)22-32)47-37(41)29-10-14-31(15-11-29)43-21-19-27(7)45-35(39)24(3)4/h8-17,22,26-27H,1,3,18-21H2,2,4-7H3. The lowest BCUT2D eigenvalue weighted by atomic mass is 10.2. The number of hydrogen-bond donors (Lipinski definition) is 0. The van der Waals surface area contributed by atoms with Crippen LogP contribution in [0.15, 0.2) is 91.0 Å². The highest BCUT2D eigenvalue weighted by atomic mass is 16.6. The summed E-state index contributed by atoms with van der Waals surface area (Å²) in [5.41, 5.74) is 1.92. The van der Waals surface area contributed by atoms with Crippen molar-refractivity contribution in [2.24, 2.45) is 0 Å². The molecule has 3 aromatic rings. The van der Waals surface area contributed by atoms with Crippen LogP contribution in [0.1, 0.15) is 66.8 Å². The molecule has 3 rings (SSSR count). The molecule has 0 radical (unpaired) electrons. The van der Waals surface area contributed by atoms with Crippen LogP contribution in [0.25, 0.3) is 0 Å². The van der Waals surface area contributed by atoms with E-state index in [1.165, 1.54) is 0 Å². The minimum absolute atomic E-state index is 0.288. The van der Waals surface area contributed by atoms with Crippen LogP contribution in [0.4, 0.5) is 0 Å². The Bertz CT molecular complexity index is 1590. The molecule has 0 fully saturated rings. The van der Waals surface area contributed by atoms with E-state index in [4.69, 9.17) is 28.4 Å². The lowest BCUT2D eigenvalue weighted by Gasteiger charge is -2.14. The molecular weight excluding hydrogens is 604 g/mol. The maximum Gasteiger partial charge on any atom is 0.343 e. The summed E-state index contributed by atoms with van der Waals surface area (Å²) in [7, 11) is 0. The molecule has 0 aliphatic heterocycles. The Morgan fingerprint density at radius 3 is 1.43 bits per heavy atom. The Morgan fingerprint density at radius 2 is 1.02 bits per heavy atom. The number of hydrogen-bond acceptors (Lipinski definition) is 10. The third-order valence-corrected chi connectivity index (χ3v) is 6.64. The molecule has 47 heavy (non-hydrogen) atoms.